The molecule has 28 heavy (non-hydrogen) atoms. The third-order valence-corrected chi connectivity index (χ3v) is 6.33. The first-order valence-corrected chi connectivity index (χ1v) is 10.5. The summed E-state index contributed by atoms with van der Waals surface area (Å²) >= 11 is 0. The second kappa shape index (κ2) is 9.23. The Hall–Kier alpha value is -1.66. The highest BCUT2D eigenvalue weighted by molar-refractivity contribution is 5.85. The molecule has 1 aliphatic carbocycles. The van der Waals surface area contributed by atoms with Crippen LogP contribution in [0.4, 0.5) is 5.69 Å². The summed E-state index contributed by atoms with van der Waals surface area (Å²) in [7, 11) is 0. The molecule has 1 unspecified atom stereocenters. The first kappa shape index (κ1) is 21.1. The standard InChI is InChI=1S/C21H32N6.ClH/c1-4-19(21-22-23-24-27(21)18-7-5-6-8-18)25-11-13-26(14-12-25)20-15-16(2)9-10-17(20)3;/h9-10,15,18-19H,4-8,11-14H2,1-3H3;1H. The van der Waals surface area contributed by atoms with Gasteiger partial charge in [0.15, 0.2) is 5.82 Å². The maximum absolute atomic E-state index is 4.46. The lowest BCUT2D eigenvalue weighted by Gasteiger charge is -2.40. The minimum Gasteiger partial charge on any atom is -0.369 e. The van der Waals surface area contributed by atoms with Gasteiger partial charge in [-0.1, -0.05) is 31.9 Å². The van der Waals surface area contributed by atoms with Gasteiger partial charge in [-0.15, -0.1) is 17.5 Å². The molecule has 2 aromatic rings. The average Bonchev–Trinajstić information content (AvgIpc) is 3.37. The monoisotopic (exact) mass is 404 g/mol. The highest BCUT2D eigenvalue weighted by Gasteiger charge is 2.31. The van der Waals surface area contributed by atoms with E-state index in [0.29, 0.717) is 12.1 Å². The molecule has 1 saturated carbocycles. The van der Waals surface area contributed by atoms with Gasteiger partial charge in [-0.3, -0.25) is 4.90 Å². The van der Waals surface area contributed by atoms with Gasteiger partial charge in [0, 0.05) is 31.9 Å². The molecule has 6 nitrogen and oxygen atoms in total. The van der Waals surface area contributed by atoms with Crippen LogP contribution in [0.15, 0.2) is 18.2 Å². The molecular formula is C21H33ClN6. The lowest BCUT2D eigenvalue weighted by Crippen LogP contribution is -2.48. The number of anilines is 1. The van der Waals surface area contributed by atoms with Crippen LogP contribution in [-0.2, 0) is 0 Å². The van der Waals surface area contributed by atoms with Crippen molar-refractivity contribution in [2.24, 2.45) is 0 Å². The number of halogens is 1. The van der Waals surface area contributed by atoms with Crippen molar-refractivity contribution in [3.8, 4) is 0 Å². The van der Waals surface area contributed by atoms with E-state index < -0.39 is 0 Å². The van der Waals surface area contributed by atoms with E-state index in [1.807, 2.05) is 0 Å². The van der Waals surface area contributed by atoms with Crippen molar-refractivity contribution >= 4 is 18.1 Å². The SMILES string of the molecule is CCC(c1nnnn1C1CCCC1)N1CCN(c2cc(C)ccc2C)CC1.Cl. The Labute approximate surface area is 174 Å². The molecule has 1 saturated heterocycles. The molecule has 154 valence electrons. The Morgan fingerprint density at radius 1 is 1.07 bits per heavy atom. The molecule has 4 rings (SSSR count). The third-order valence-electron chi connectivity index (χ3n) is 6.33. The van der Waals surface area contributed by atoms with Crippen molar-refractivity contribution in [3.63, 3.8) is 0 Å². The smallest absolute Gasteiger partial charge is 0.168 e. The molecule has 1 aliphatic heterocycles. The summed E-state index contributed by atoms with van der Waals surface area (Å²) in [4.78, 5) is 5.12. The molecule has 7 heteroatoms. The fourth-order valence-electron chi connectivity index (χ4n) is 4.77. The van der Waals surface area contributed by atoms with Crippen molar-refractivity contribution in [1.82, 2.24) is 25.1 Å². The van der Waals surface area contributed by atoms with E-state index >= 15 is 0 Å². The molecule has 1 aromatic heterocycles. The van der Waals surface area contributed by atoms with E-state index in [2.05, 4.69) is 69.0 Å². The minimum atomic E-state index is 0. The van der Waals surface area contributed by atoms with Crippen LogP contribution < -0.4 is 4.90 Å². The number of aryl methyl sites for hydroxylation is 2. The Morgan fingerprint density at radius 2 is 1.79 bits per heavy atom. The molecule has 0 bridgehead atoms. The van der Waals surface area contributed by atoms with Crippen molar-refractivity contribution < 1.29 is 0 Å². The van der Waals surface area contributed by atoms with Gasteiger partial charge in [-0.2, -0.15) is 0 Å². The number of piperazine rings is 1. The van der Waals surface area contributed by atoms with Crippen LogP contribution in [0.2, 0.25) is 0 Å². The van der Waals surface area contributed by atoms with Gasteiger partial charge in [0.05, 0.1) is 12.1 Å². The van der Waals surface area contributed by atoms with Crippen molar-refractivity contribution in [3.05, 3.63) is 35.2 Å². The average molecular weight is 405 g/mol. The molecule has 0 N–H and O–H groups in total. The minimum absolute atomic E-state index is 0. The number of hydrogen-bond acceptors (Lipinski definition) is 5. The summed E-state index contributed by atoms with van der Waals surface area (Å²) in [5.74, 6) is 1.07. The molecule has 2 heterocycles. The van der Waals surface area contributed by atoms with Crippen molar-refractivity contribution in [2.75, 3.05) is 31.1 Å². The molecule has 1 aromatic carbocycles. The highest BCUT2D eigenvalue weighted by Crippen LogP contribution is 2.33. The largest absolute Gasteiger partial charge is 0.369 e. The second-order valence-electron chi connectivity index (χ2n) is 8.16. The first-order valence-electron chi connectivity index (χ1n) is 10.5. The number of rotatable bonds is 5. The van der Waals surface area contributed by atoms with Crippen molar-refractivity contribution in [1.29, 1.82) is 0 Å². The third kappa shape index (κ3) is 4.18. The summed E-state index contributed by atoms with van der Waals surface area (Å²) < 4.78 is 2.14. The summed E-state index contributed by atoms with van der Waals surface area (Å²) in [5, 5.41) is 12.9. The maximum Gasteiger partial charge on any atom is 0.168 e. The second-order valence-corrected chi connectivity index (χ2v) is 8.16. The van der Waals surface area contributed by atoms with Gasteiger partial charge >= 0.3 is 0 Å². The Morgan fingerprint density at radius 3 is 2.46 bits per heavy atom. The maximum atomic E-state index is 4.46. The van der Waals surface area contributed by atoms with Gasteiger partial charge in [0.2, 0.25) is 0 Å². The molecule has 1 atom stereocenters. The topological polar surface area (TPSA) is 50.1 Å². The normalized spacial score (nSPS) is 19.6. The number of tetrazole rings is 1. The van der Waals surface area contributed by atoms with Gasteiger partial charge in [0.25, 0.3) is 0 Å². The zero-order chi connectivity index (χ0) is 18.8. The molecular weight excluding hydrogens is 372 g/mol. The number of hydrogen-bond donors (Lipinski definition) is 0. The summed E-state index contributed by atoms with van der Waals surface area (Å²) in [6, 6.07) is 7.58. The van der Waals surface area contributed by atoms with E-state index in [1.165, 1.54) is 42.5 Å². The van der Waals surface area contributed by atoms with Crippen LogP contribution in [0, 0.1) is 13.8 Å². The molecule has 0 spiro atoms. The zero-order valence-electron chi connectivity index (χ0n) is 17.3. The Bertz CT molecular complexity index is 762. The van der Waals surface area contributed by atoms with Crippen molar-refractivity contribution in [2.45, 2.75) is 65.0 Å². The fraction of sp³-hybridized carbons (Fsp3) is 0.667. The molecule has 0 radical (unpaired) electrons. The van der Waals surface area contributed by atoms with Crippen LogP contribution in [0.1, 0.15) is 68.1 Å². The van der Waals surface area contributed by atoms with Gasteiger partial charge in [-0.05, 0) is 60.7 Å². The van der Waals surface area contributed by atoms with Crippen LogP contribution in [0.3, 0.4) is 0 Å². The number of aromatic nitrogens is 4. The fourth-order valence-corrected chi connectivity index (χ4v) is 4.77. The predicted molar refractivity (Wildman–Crippen MR) is 115 cm³/mol. The van der Waals surface area contributed by atoms with Crippen LogP contribution in [0.5, 0.6) is 0 Å². The first-order chi connectivity index (χ1) is 13.2. The molecule has 2 fully saturated rings. The predicted octanol–water partition coefficient (Wildman–Crippen LogP) is 4.10. The number of nitrogens with zero attached hydrogens (tertiary/aromatic N) is 6. The quantitative estimate of drug-likeness (QED) is 0.750. The summed E-state index contributed by atoms with van der Waals surface area (Å²) in [6.45, 7) is 10.9. The number of benzene rings is 1. The van der Waals surface area contributed by atoms with Crippen LogP contribution in [-0.4, -0.2) is 51.3 Å². The van der Waals surface area contributed by atoms with Gasteiger partial charge in [0.1, 0.15) is 0 Å². The van der Waals surface area contributed by atoms with Crippen LogP contribution >= 0.6 is 12.4 Å². The van der Waals surface area contributed by atoms with E-state index in [4.69, 9.17) is 0 Å². The van der Waals surface area contributed by atoms with E-state index in [0.717, 1.165) is 38.4 Å². The highest BCUT2D eigenvalue weighted by atomic mass is 35.5. The summed E-state index contributed by atoms with van der Waals surface area (Å²) in [5.41, 5.74) is 4.09. The van der Waals surface area contributed by atoms with E-state index in [-0.39, 0.29) is 12.4 Å². The zero-order valence-corrected chi connectivity index (χ0v) is 18.2. The summed E-state index contributed by atoms with van der Waals surface area (Å²) in [6.07, 6.45) is 6.09. The lowest BCUT2D eigenvalue weighted by molar-refractivity contribution is 0.166. The lowest BCUT2D eigenvalue weighted by atomic mass is 10.1. The van der Waals surface area contributed by atoms with E-state index in [1.54, 1.807) is 0 Å². The molecule has 2 aliphatic rings. The van der Waals surface area contributed by atoms with Crippen LogP contribution in [0.25, 0.3) is 0 Å². The van der Waals surface area contributed by atoms with E-state index in [9.17, 15) is 0 Å². The van der Waals surface area contributed by atoms with Gasteiger partial charge in [-0.25, -0.2) is 4.68 Å². The van der Waals surface area contributed by atoms with Gasteiger partial charge < -0.3 is 4.90 Å². The Balaban J connectivity index is 0.00000225. The Kier molecular flexibility index (Phi) is 6.94. The molecule has 0 amide bonds.